The molecule has 0 aliphatic carbocycles. The van der Waals surface area contributed by atoms with Gasteiger partial charge in [0.05, 0.1) is 19.8 Å². The zero-order valence-corrected chi connectivity index (χ0v) is 8.25. The van der Waals surface area contributed by atoms with Crippen molar-refractivity contribution in [3.63, 3.8) is 0 Å². The molecule has 0 aliphatic rings. The van der Waals surface area contributed by atoms with E-state index < -0.39 is 11.9 Å². The lowest BCUT2D eigenvalue weighted by Crippen LogP contribution is -2.16. The van der Waals surface area contributed by atoms with Crippen LogP contribution >= 0.6 is 0 Å². The Morgan fingerprint density at radius 2 is 2.21 bits per heavy atom. The second kappa shape index (κ2) is 4.39. The first-order valence-electron chi connectivity index (χ1n) is 4.30. The van der Waals surface area contributed by atoms with E-state index in [0.29, 0.717) is 5.56 Å². The zero-order chi connectivity index (χ0) is 10.7. The van der Waals surface area contributed by atoms with Crippen LogP contribution < -0.4 is 10.5 Å². The third-order valence-corrected chi connectivity index (χ3v) is 2.14. The number of hydrogen-bond acceptors (Lipinski definition) is 3. The largest absolute Gasteiger partial charge is 0.494 e. The number of aliphatic hydroxyl groups is 1. The van der Waals surface area contributed by atoms with Crippen molar-refractivity contribution in [2.75, 3.05) is 13.7 Å². The third kappa shape index (κ3) is 2.02. The van der Waals surface area contributed by atoms with Crippen LogP contribution in [-0.2, 0) is 0 Å². The lowest BCUT2D eigenvalue weighted by molar-refractivity contribution is 0.267. The molecule has 1 atom stereocenters. The second-order valence-corrected chi connectivity index (χ2v) is 3.13. The fraction of sp³-hybridized carbons (Fsp3) is 0.400. The van der Waals surface area contributed by atoms with Crippen molar-refractivity contribution in [2.45, 2.75) is 13.0 Å². The van der Waals surface area contributed by atoms with Gasteiger partial charge in [-0.3, -0.25) is 0 Å². The van der Waals surface area contributed by atoms with Gasteiger partial charge in [-0.15, -0.1) is 0 Å². The fourth-order valence-electron chi connectivity index (χ4n) is 1.32. The molecule has 4 heteroatoms. The molecule has 78 valence electrons. The standard InChI is InChI=1S/C10H14FNO2/c1-6-3-10(14-2)8(11)4-7(6)9(12)5-13/h3-4,9,13H,5,12H2,1-2H3. The summed E-state index contributed by atoms with van der Waals surface area (Å²) in [5.41, 5.74) is 7.01. The smallest absolute Gasteiger partial charge is 0.165 e. The van der Waals surface area contributed by atoms with E-state index in [1.165, 1.54) is 13.2 Å². The molecular formula is C10H14FNO2. The average Bonchev–Trinajstić information content (AvgIpc) is 2.19. The second-order valence-electron chi connectivity index (χ2n) is 3.13. The summed E-state index contributed by atoms with van der Waals surface area (Å²) in [6.07, 6.45) is 0. The highest BCUT2D eigenvalue weighted by atomic mass is 19.1. The van der Waals surface area contributed by atoms with Crippen molar-refractivity contribution in [1.82, 2.24) is 0 Å². The lowest BCUT2D eigenvalue weighted by Gasteiger charge is -2.13. The number of rotatable bonds is 3. The Hall–Kier alpha value is -1.13. The highest BCUT2D eigenvalue weighted by molar-refractivity contribution is 5.37. The number of aliphatic hydroxyl groups excluding tert-OH is 1. The van der Waals surface area contributed by atoms with Gasteiger partial charge in [0.25, 0.3) is 0 Å². The van der Waals surface area contributed by atoms with Crippen LogP contribution in [0.15, 0.2) is 12.1 Å². The molecule has 0 heterocycles. The van der Waals surface area contributed by atoms with E-state index >= 15 is 0 Å². The lowest BCUT2D eigenvalue weighted by atomic mass is 10.0. The quantitative estimate of drug-likeness (QED) is 0.767. The van der Waals surface area contributed by atoms with Gasteiger partial charge in [0, 0.05) is 0 Å². The van der Waals surface area contributed by atoms with Crippen molar-refractivity contribution in [2.24, 2.45) is 5.73 Å². The molecule has 0 saturated carbocycles. The Morgan fingerprint density at radius 1 is 1.57 bits per heavy atom. The number of halogens is 1. The molecule has 3 nitrogen and oxygen atoms in total. The Labute approximate surface area is 82.3 Å². The number of methoxy groups -OCH3 is 1. The van der Waals surface area contributed by atoms with E-state index in [1.54, 1.807) is 13.0 Å². The maximum atomic E-state index is 13.3. The Morgan fingerprint density at radius 3 is 2.71 bits per heavy atom. The van der Waals surface area contributed by atoms with E-state index in [2.05, 4.69) is 0 Å². The maximum Gasteiger partial charge on any atom is 0.165 e. The first-order chi connectivity index (χ1) is 6.60. The van der Waals surface area contributed by atoms with E-state index in [4.69, 9.17) is 15.6 Å². The predicted octanol–water partition coefficient (Wildman–Crippen LogP) is 1.13. The van der Waals surface area contributed by atoms with Crippen LogP contribution in [0, 0.1) is 12.7 Å². The van der Waals surface area contributed by atoms with Crippen molar-refractivity contribution >= 4 is 0 Å². The Bertz CT molecular complexity index is 328. The molecule has 0 amide bonds. The molecule has 1 aromatic carbocycles. The Kier molecular flexibility index (Phi) is 3.43. The summed E-state index contributed by atoms with van der Waals surface area (Å²) >= 11 is 0. The van der Waals surface area contributed by atoms with Crippen LogP contribution in [0.1, 0.15) is 17.2 Å². The van der Waals surface area contributed by atoms with E-state index in [-0.39, 0.29) is 12.4 Å². The molecule has 14 heavy (non-hydrogen) atoms. The summed E-state index contributed by atoms with van der Waals surface area (Å²) in [5, 5.41) is 8.85. The summed E-state index contributed by atoms with van der Waals surface area (Å²) in [6, 6.07) is 2.32. The SMILES string of the molecule is COc1cc(C)c(C(N)CO)cc1F. The van der Waals surface area contributed by atoms with Gasteiger partial charge < -0.3 is 15.6 Å². The zero-order valence-electron chi connectivity index (χ0n) is 8.25. The summed E-state index contributed by atoms with van der Waals surface area (Å²) in [5.74, 6) is -0.270. The Balaban J connectivity index is 3.14. The van der Waals surface area contributed by atoms with Crippen LogP contribution in [-0.4, -0.2) is 18.8 Å². The number of benzene rings is 1. The molecule has 0 fully saturated rings. The molecular weight excluding hydrogens is 185 g/mol. The van der Waals surface area contributed by atoms with Gasteiger partial charge in [0.15, 0.2) is 11.6 Å². The monoisotopic (exact) mass is 199 g/mol. The minimum atomic E-state index is -0.546. The molecule has 1 unspecified atom stereocenters. The van der Waals surface area contributed by atoms with Gasteiger partial charge in [-0.05, 0) is 30.2 Å². The summed E-state index contributed by atoms with van der Waals surface area (Å²) < 4.78 is 18.1. The number of aryl methyl sites for hydroxylation is 1. The minimum absolute atomic E-state index is 0.191. The predicted molar refractivity (Wildman–Crippen MR) is 51.7 cm³/mol. The summed E-state index contributed by atoms with van der Waals surface area (Å²) in [4.78, 5) is 0. The van der Waals surface area contributed by atoms with Gasteiger partial charge in [-0.1, -0.05) is 0 Å². The van der Waals surface area contributed by atoms with Crippen LogP contribution in [0.4, 0.5) is 4.39 Å². The van der Waals surface area contributed by atoms with Gasteiger partial charge in [0.1, 0.15) is 0 Å². The number of nitrogens with two attached hydrogens (primary N) is 1. The van der Waals surface area contributed by atoms with Crippen LogP contribution in [0.2, 0.25) is 0 Å². The van der Waals surface area contributed by atoms with Gasteiger partial charge in [-0.25, -0.2) is 4.39 Å². The topological polar surface area (TPSA) is 55.5 Å². The summed E-state index contributed by atoms with van der Waals surface area (Å²) in [7, 11) is 1.41. The normalized spacial score (nSPS) is 12.6. The maximum absolute atomic E-state index is 13.3. The van der Waals surface area contributed by atoms with Crippen molar-refractivity contribution in [3.05, 3.63) is 29.1 Å². The van der Waals surface area contributed by atoms with E-state index in [0.717, 1.165) is 5.56 Å². The van der Waals surface area contributed by atoms with Gasteiger partial charge in [0.2, 0.25) is 0 Å². The third-order valence-electron chi connectivity index (χ3n) is 2.14. The van der Waals surface area contributed by atoms with Gasteiger partial charge in [-0.2, -0.15) is 0 Å². The van der Waals surface area contributed by atoms with E-state index in [1.807, 2.05) is 0 Å². The van der Waals surface area contributed by atoms with Gasteiger partial charge >= 0.3 is 0 Å². The molecule has 0 aliphatic heterocycles. The molecule has 0 saturated heterocycles. The molecule has 1 aromatic rings. The first-order valence-corrected chi connectivity index (χ1v) is 4.30. The molecule has 0 spiro atoms. The number of ether oxygens (including phenoxy) is 1. The summed E-state index contributed by atoms with van der Waals surface area (Å²) in [6.45, 7) is 1.60. The first kappa shape index (κ1) is 10.9. The number of hydrogen-bond donors (Lipinski definition) is 2. The van der Waals surface area contributed by atoms with Crippen LogP contribution in [0.5, 0.6) is 5.75 Å². The van der Waals surface area contributed by atoms with Crippen LogP contribution in [0.3, 0.4) is 0 Å². The molecule has 3 N–H and O–H groups in total. The molecule has 0 aromatic heterocycles. The van der Waals surface area contributed by atoms with Crippen molar-refractivity contribution < 1.29 is 14.2 Å². The molecule has 1 rings (SSSR count). The molecule has 0 bridgehead atoms. The van der Waals surface area contributed by atoms with Crippen LogP contribution in [0.25, 0.3) is 0 Å². The van der Waals surface area contributed by atoms with Crippen molar-refractivity contribution in [3.8, 4) is 5.75 Å². The molecule has 0 radical (unpaired) electrons. The highest BCUT2D eigenvalue weighted by Gasteiger charge is 2.12. The fourth-order valence-corrected chi connectivity index (χ4v) is 1.32. The highest BCUT2D eigenvalue weighted by Crippen LogP contribution is 2.24. The van der Waals surface area contributed by atoms with Crippen molar-refractivity contribution in [1.29, 1.82) is 0 Å². The van der Waals surface area contributed by atoms with E-state index in [9.17, 15) is 4.39 Å². The average molecular weight is 199 g/mol. The minimum Gasteiger partial charge on any atom is -0.494 e.